The Morgan fingerprint density at radius 1 is 0.532 bits per heavy atom. The molecule has 0 bridgehead atoms. The van der Waals surface area contributed by atoms with Crippen LogP contribution in [-0.4, -0.2) is 48.7 Å². The highest BCUT2D eigenvalue weighted by Crippen LogP contribution is 2.17. The minimum atomic E-state index is -0.0623. The molecule has 47 heavy (non-hydrogen) atoms. The number of carbonyl (C=O) groups excluding carboxylic acids is 2. The number of ether oxygens (including phenoxy) is 2. The molecule has 0 aliphatic heterocycles. The fourth-order valence-corrected chi connectivity index (χ4v) is 6.65. The van der Waals surface area contributed by atoms with Gasteiger partial charge in [-0.2, -0.15) is 0 Å². The minimum absolute atomic E-state index is 0.0388. The van der Waals surface area contributed by atoms with E-state index in [9.17, 15) is 9.59 Å². The summed E-state index contributed by atoms with van der Waals surface area (Å²) in [6.45, 7) is 12.6. The highest BCUT2D eigenvalue weighted by atomic mass is 16.5. The van der Waals surface area contributed by atoms with Gasteiger partial charge in [0.15, 0.2) is 0 Å². The first kappa shape index (κ1) is 45.9. The van der Waals surface area contributed by atoms with E-state index >= 15 is 0 Å². The monoisotopic (exact) mass is 666 g/mol. The van der Waals surface area contributed by atoms with Crippen molar-refractivity contribution >= 4 is 11.9 Å². The molecule has 0 saturated heterocycles. The van der Waals surface area contributed by atoms with Crippen LogP contribution in [0.3, 0.4) is 0 Å². The van der Waals surface area contributed by atoms with Crippen LogP contribution < -0.4 is 0 Å². The van der Waals surface area contributed by atoms with Crippen LogP contribution in [0, 0.1) is 0 Å². The first-order valence-electron chi connectivity index (χ1n) is 21.0. The predicted molar refractivity (Wildman–Crippen MR) is 203 cm³/mol. The highest BCUT2D eigenvalue weighted by Gasteiger charge is 2.20. The van der Waals surface area contributed by atoms with Crippen LogP contribution in [0.4, 0.5) is 0 Å². The van der Waals surface area contributed by atoms with Gasteiger partial charge in [-0.3, -0.25) is 9.59 Å². The molecular weight excluding hydrogens is 582 g/mol. The molecule has 0 saturated carbocycles. The molecule has 0 aromatic rings. The van der Waals surface area contributed by atoms with E-state index in [1.54, 1.807) is 6.92 Å². The molecule has 0 aliphatic rings. The van der Waals surface area contributed by atoms with E-state index in [0.29, 0.717) is 19.6 Å². The lowest BCUT2D eigenvalue weighted by molar-refractivity contribution is -0.150. The zero-order chi connectivity index (χ0) is 34.6. The average Bonchev–Trinajstić information content (AvgIpc) is 3.06. The van der Waals surface area contributed by atoms with Gasteiger partial charge in [-0.15, -0.1) is 0 Å². The molecule has 0 aliphatic carbocycles. The molecule has 5 heteroatoms. The maximum Gasteiger partial charge on any atom is 0.306 e. The number of hydrogen-bond acceptors (Lipinski definition) is 4. The van der Waals surface area contributed by atoms with E-state index in [1.165, 1.54) is 141 Å². The number of amides is 1. The van der Waals surface area contributed by atoms with Gasteiger partial charge in [0.05, 0.1) is 19.3 Å². The molecule has 0 N–H and O–H groups in total. The number of nitrogens with zero attached hydrogens (tertiary/aromatic N) is 1. The molecule has 0 heterocycles. The predicted octanol–water partition coefficient (Wildman–Crippen LogP) is 12.9. The quantitative estimate of drug-likeness (QED) is 0.0489. The molecule has 0 spiro atoms. The summed E-state index contributed by atoms with van der Waals surface area (Å²) in [4.78, 5) is 27.3. The van der Waals surface area contributed by atoms with Gasteiger partial charge in [0, 0.05) is 26.3 Å². The molecule has 0 radical (unpaired) electrons. The van der Waals surface area contributed by atoms with E-state index < -0.39 is 0 Å². The molecule has 0 aromatic heterocycles. The molecule has 0 aromatic carbocycles. The summed E-state index contributed by atoms with van der Waals surface area (Å²) in [6, 6.07) is 0.113. The van der Waals surface area contributed by atoms with Gasteiger partial charge in [0.2, 0.25) is 5.91 Å². The van der Waals surface area contributed by atoms with Crippen LogP contribution in [0.5, 0.6) is 0 Å². The zero-order valence-electron chi connectivity index (χ0n) is 32.6. The van der Waals surface area contributed by atoms with Gasteiger partial charge in [-0.1, -0.05) is 175 Å². The smallest absolute Gasteiger partial charge is 0.306 e. The lowest BCUT2D eigenvalue weighted by atomic mass is 10.0. The summed E-state index contributed by atoms with van der Waals surface area (Å²) in [6.07, 6.45) is 36.3. The molecular formula is C42H83NO4. The summed E-state index contributed by atoms with van der Waals surface area (Å²) < 4.78 is 12.2. The van der Waals surface area contributed by atoms with Gasteiger partial charge < -0.3 is 14.4 Å². The molecule has 0 fully saturated rings. The molecule has 2 atom stereocenters. The Morgan fingerprint density at radius 2 is 0.957 bits per heavy atom. The van der Waals surface area contributed by atoms with Gasteiger partial charge in [0.1, 0.15) is 6.10 Å². The van der Waals surface area contributed by atoms with E-state index in [2.05, 4.69) is 27.7 Å². The number of carbonyl (C=O) groups is 2. The normalized spacial score (nSPS) is 12.7. The molecule has 280 valence electrons. The maximum atomic E-state index is 12.7. The van der Waals surface area contributed by atoms with Crippen molar-refractivity contribution in [2.24, 2.45) is 0 Å². The molecule has 0 unspecified atom stereocenters. The van der Waals surface area contributed by atoms with Crippen LogP contribution >= 0.6 is 0 Å². The van der Waals surface area contributed by atoms with Crippen molar-refractivity contribution in [2.75, 3.05) is 19.8 Å². The lowest BCUT2D eigenvalue weighted by Gasteiger charge is -2.30. The Hall–Kier alpha value is -1.10. The van der Waals surface area contributed by atoms with Crippen molar-refractivity contribution in [3.05, 3.63) is 0 Å². The SMILES string of the molecule is CCCCCCCCCCCCCCN(C(C)=O)[C@@H](CC)COCC[C@@H](CCCCCCC)OC(=O)CCCCCCCCCCC. The van der Waals surface area contributed by atoms with Gasteiger partial charge in [-0.25, -0.2) is 0 Å². The van der Waals surface area contributed by atoms with Crippen molar-refractivity contribution in [1.82, 2.24) is 4.90 Å². The topological polar surface area (TPSA) is 55.8 Å². The van der Waals surface area contributed by atoms with Gasteiger partial charge >= 0.3 is 5.97 Å². The average molecular weight is 666 g/mol. The molecule has 0 rings (SSSR count). The van der Waals surface area contributed by atoms with Crippen LogP contribution in [0.1, 0.15) is 227 Å². The van der Waals surface area contributed by atoms with Crippen LogP contribution in [0.2, 0.25) is 0 Å². The standard InChI is InChI=1S/C42H83NO4/c1-6-10-13-16-18-20-21-22-24-26-29-32-36-43(39(5)44)40(9-4)38-46-37-35-41(33-30-27-15-12-8-3)47-42(45)34-31-28-25-23-19-17-14-11-7-2/h40-41H,6-38H2,1-5H3/t40-,41+/m0/s1. The third-order valence-electron chi connectivity index (χ3n) is 9.88. The summed E-state index contributed by atoms with van der Waals surface area (Å²) in [5, 5.41) is 0. The Kier molecular flexibility index (Phi) is 35.3. The third kappa shape index (κ3) is 30.7. The van der Waals surface area contributed by atoms with E-state index in [-0.39, 0.29) is 24.0 Å². The van der Waals surface area contributed by atoms with Crippen molar-refractivity contribution < 1.29 is 19.1 Å². The molecule has 5 nitrogen and oxygen atoms in total. The van der Waals surface area contributed by atoms with Crippen LogP contribution in [0.25, 0.3) is 0 Å². The van der Waals surface area contributed by atoms with E-state index in [0.717, 1.165) is 51.5 Å². The minimum Gasteiger partial charge on any atom is -0.462 e. The second kappa shape index (κ2) is 36.2. The Labute approximate surface area is 294 Å². The van der Waals surface area contributed by atoms with Crippen molar-refractivity contribution in [3.8, 4) is 0 Å². The largest absolute Gasteiger partial charge is 0.462 e. The van der Waals surface area contributed by atoms with Gasteiger partial charge in [0.25, 0.3) is 0 Å². The summed E-state index contributed by atoms with van der Waals surface area (Å²) in [5.74, 6) is 0.113. The zero-order valence-corrected chi connectivity index (χ0v) is 32.6. The van der Waals surface area contributed by atoms with Crippen LogP contribution in [-0.2, 0) is 19.1 Å². The second-order valence-corrected chi connectivity index (χ2v) is 14.4. The lowest BCUT2D eigenvalue weighted by Crippen LogP contribution is -2.42. The Balaban J connectivity index is 4.40. The number of hydrogen-bond donors (Lipinski definition) is 0. The first-order valence-corrected chi connectivity index (χ1v) is 21.0. The van der Waals surface area contributed by atoms with Crippen molar-refractivity contribution in [2.45, 2.75) is 239 Å². The van der Waals surface area contributed by atoms with Crippen LogP contribution in [0.15, 0.2) is 0 Å². The second-order valence-electron chi connectivity index (χ2n) is 14.4. The van der Waals surface area contributed by atoms with E-state index in [1.807, 2.05) is 4.90 Å². The summed E-state index contributed by atoms with van der Waals surface area (Å²) in [5.41, 5.74) is 0. The number of esters is 1. The number of rotatable bonds is 37. The number of unbranched alkanes of at least 4 members (excludes halogenated alkanes) is 23. The van der Waals surface area contributed by atoms with Gasteiger partial charge in [-0.05, 0) is 32.1 Å². The fourth-order valence-electron chi connectivity index (χ4n) is 6.65. The third-order valence-corrected chi connectivity index (χ3v) is 9.88. The Bertz CT molecular complexity index is 669. The first-order chi connectivity index (χ1) is 23.0. The summed E-state index contributed by atoms with van der Waals surface area (Å²) in [7, 11) is 0. The van der Waals surface area contributed by atoms with Crippen molar-refractivity contribution in [3.63, 3.8) is 0 Å². The Morgan fingerprint density at radius 3 is 1.40 bits per heavy atom. The van der Waals surface area contributed by atoms with Crippen molar-refractivity contribution in [1.29, 1.82) is 0 Å². The fraction of sp³-hybridized carbons (Fsp3) is 0.952. The summed E-state index contributed by atoms with van der Waals surface area (Å²) >= 11 is 0. The maximum absolute atomic E-state index is 12.7. The highest BCUT2D eigenvalue weighted by molar-refractivity contribution is 5.73. The molecule has 1 amide bonds. The van der Waals surface area contributed by atoms with E-state index in [4.69, 9.17) is 9.47 Å².